The molecule has 0 aliphatic rings. The fourth-order valence-corrected chi connectivity index (χ4v) is 2.69. The number of aryl methyl sites for hydroxylation is 1. The molecule has 5 nitrogen and oxygen atoms in total. The number of hydrogen-bond acceptors (Lipinski definition) is 4. The highest BCUT2D eigenvalue weighted by molar-refractivity contribution is 6.29. The Bertz CT molecular complexity index is 876. The molecule has 0 aliphatic carbocycles. The van der Waals surface area contributed by atoms with Crippen molar-refractivity contribution >= 4 is 35.6 Å². The van der Waals surface area contributed by atoms with Crippen molar-refractivity contribution in [1.82, 2.24) is 15.3 Å². The van der Waals surface area contributed by atoms with E-state index in [1.54, 1.807) is 25.1 Å². The van der Waals surface area contributed by atoms with Crippen molar-refractivity contribution in [2.24, 2.45) is 0 Å². The van der Waals surface area contributed by atoms with Crippen LogP contribution in [-0.2, 0) is 6.54 Å². The number of anilines is 1. The molecular weight excluding hydrogens is 371 g/mol. The zero-order valence-electron chi connectivity index (χ0n) is 14.1. The molecule has 3 rings (SSSR count). The average molecular weight is 389 g/mol. The Hall–Kier alpha value is -2.63. The largest absolute Gasteiger partial charge is 0.399 e. The molecule has 134 valence electrons. The highest BCUT2D eigenvalue weighted by Crippen LogP contribution is 2.21. The number of halogens is 2. The van der Waals surface area contributed by atoms with E-state index in [2.05, 4.69) is 15.3 Å². The van der Waals surface area contributed by atoms with Crippen LogP contribution in [-0.4, -0.2) is 15.9 Å². The summed E-state index contributed by atoms with van der Waals surface area (Å²) >= 11 is 5.90. The lowest BCUT2D eigenvalue weighted by Crippen LogP contribution is -2.23. The molecule has 26 heavy (non-hydrogen) atoms. The van der Waals surface area contributed by atoms with Crippen molar-refractivity contribution in [3.05, 3.63) is 76.8 Å². The van der Waals surface area contributed by atoms with Crippen LogP contribution in [0, 0.1) is 6.92 Å². The van der Waals surface area contributed by atoms with Crippen molar-refractivity contribution in [1.29, 1.82) is 0 Å². The van der Waals surface area contributed by atoms with Crippen LogP contribution in [0.2, 0.25) is 5.15 Å². The second kappa shape index (κ2) is 8.65. The number of amides is 1. The molecule has 0 bridgehead atoms. The molecule has 0 radical (unpaired) electrons. The van der Waals surface area contributed by atoms with Gasteiger partial charge in [0.15, 0.2) is 0 Å². The third kappa shape index (κ3) is 4.94. The quantitative estimate of drug-likeness (QED) is 0.521. The minimum Gasteiger partial charge on any atom is -0.399 e. The summed E-state index contributed by atoms with van der Waals surface area (Å²) in [5.41, 5.74) is 9.74. The van der Waals surface area contributed by atoms with Crippen molar-refractivity contribution in [2.75, 3.05) is 5.73 Å². The molecule has 2 aromatic carbocycles. The lowest BCUT2D eigenvalue weighted by Gasteiger charge is -2.07. The molecule has 1 amide bonds. The first-order valence-electron chi connectivity index (χ1n) is 7.75. The van der Waals surface area contributed by atoms with E-state index in [0.29, 0.717) is 28.8 Å². The predicted octanol–water partition coefficient (Wildman–Crippen LogP) is 4.04. The van der Waals surface area contributed by atoms with Crippen molar-refractivity contribution in [3.63, 3.8) is 0 Å². The maximum absolute atomic E-state index is 12.3. The normalized spacial score (nSPS) is 10.1. The van der Waals surface area contributed by atoms with Gasteiger partial charge in [0.2, 0.25) is 0 Å². The second-order valence-electron chi connectivity index (χ2n) is 5.61. The van der Waals surface area contributed by atoms with E-state index in [0.717, 1.165) is 16.8 Å². The van der Waals surface area contributed by atoms with Gasteiger partial charge in [0, 0.05) is 11.3 Å². The van der Waals surface area contributed by atoms with Crippen LogP contribution in [0.3, 0.4) is 0 Å². The minimum absolute atomic E-state index is 0. The molecule has 3 N–H and O–H groups in total. The number of hydrogen-bond donors (Lipinski definition) is 2. The van der Waals surface area contributed by atoms with Crippen LogP contribution >= 0.6 is 24.0 Å². The fourth-order valence-electron chi connectivity index (χ4n) is 2.44. The van der Waals surface area contributed by atoms with Crippen LogP contribution in [0.15, 0.2) is 54.6 Å². The van der Waals surface area contributed by atoms with Crippen molar-refractivity contribution < 1.29 is 4.79 Å². The molecule has 0 fully saturated rings. The Labute approximate surface area is 163 Å². The molecule has 0 atom stereocenters. The molecule has 7 heteroatoms. The van der Waals surface area contributed by atoms with Crippen LogP contribution in [0.5, 0.6) is 0 Å². The third-order valence-electron chi connectivity index (χ3n) is 3.68. The second-order valence-corrected chi connectivity index (χ2v) is 6.00. The SMILES string of the molecule is Cc1nc(Cl)cc(CNC(=O)c2ccc(-c3ccc(N)cc3)cc2)n1.Cl. The lowest BCUT2D eigenvalue weighted by molar-refractivity contribution is 0.0950. The summed E-state index contributed by atoms with van der Waals surface area (Å²) in [5, 5.41) is 3.20. The summed E-state index contributed by atoms with van der Waals surface area (Å²) in [4.78, 5) is 20.5. The van der Waals surface area contributed by atoms with Crippen LogP contribution in [0.25, 0.3) is 11.1 Å². The maximum Gasteiger partial charge on any atom is 0.251 e. The number of nitrogens with zero attached hydrogens (tertiary/aromatic N) is 2. The van der Waals surface area contributed by atoms with Gasteiger partial charge in [-0.15, -0.1) is 12.4 Å². The summed E-state index contributed by atoms with van der Waals surface area (Å²) < 4.78 is 0. The van der Waals surface area contributed by atoms with E-state index in [-0.39, 0.29) is 18.3 Å². The van der Waals surface area contributed by atoms with E-state index >= 15 is 0 Å². The molecule has 0 spiro atoms. The van der Waals surface area contributed by atoms with Gasteiger partial charge in [-0.3, -0.25) is 4.79 Å². The van der Waals surface area contributed by atoms with Crippen LogP contribution in [0.1, 0.15) is 21.9 Å². The van der Waals surface area contributed by atoms with Crippen molar-refractivity contribution in [3.8, 4) is 11.1 Å². The Morgan fingerprint density at radius 1 is 1.04 bits per heavy atom. The Morgan fingerprint density at radius 3 is 2.19 bits per heavy atom. The number of nitrogen functional groups attached to an aromatic ring is 1. The maximum atomic E-state index is 12.3. The number of rotatable bonds is 4. The molecular formula is C19H18Cl2N4O. The molecule has 0 saturated heterocycles. The number of aromatic nitrogens is 2. The number of nitrogens with two attached hydrogens (primary N) is 1. The summed E-state index contributed by atoms with van der Waals surface area (Å²) in [7, 11) is 0. The van der Waals surface area contributed by atoms with Gasteiger partial charge < -0.3 is 11.1 Å². The van der Waals surface area contributed by atoms with Crippen molar-refractivity contribution in [2.45, 2.75) is 13.5 Å². The summed E-state index contributed by atoms with van der Waals surface area (Å²) in [5.74, 6) is 0.404. The van der Waals surface area contributed by atoms with Gasteiger partial charge in [0.25, 0.3) is 5.91 Å². The topological polar surface area (TPSA) is 80.9 Å². The van der Waals surface area contributed by atoms with Gasteiger partial charge in [-0.2, -0.15) is 0 Å². The van der Waals surface area contributed by atoms with E-state index < -0.39 is 0 Å². The Kier molecular flexibility index (Phi) is 6.55. The fraction of sp³-hybridized carbons (Fsp3) is 0.105. The third-order valence-corrected chi connectivity index (χ3v) is 3.87. The summed E-state index contributed by atoms with van der Waals surface area (Å²) in [6.45, 7) is 2.05. The first-order chi connectivity index (χ1) is 12.0. The van der Waals surface area contributed by atoms with Gasteiger partial charge in [0.05, 0.1) is 12.2 Å². The first kappa shape index (κ1) is 19.7. The standard InChI is InChI=1S/C19H17ClN4O.ClH/c1-12-23-17(10-18(20)24-12)11-22-19(25)15-4-2-13(3-5-15)14-6-8-16(21)9-7-14;/h2-10H,11,21H2,1H3,(H,22,25);1H. The zero-order chi connectivity index (χ0) is 17.8. The van der Waals surface area contributed by atoms with Gasteiger partial charge in [-0.1, -0.05) is 35.9 Å². The highest BCUT2D eigenvalue weighted by Gasteiger charge is 2.07. The Balaban J connectivity index is 0.00000243. The summed E-state index contributed by atoms with van der Waals surface area (Å²) in [6, 6.07) is 16.6. The van der Waals surface area contributed by atoms with E-state index in [1.807, 2.05) is 36.4 Å². The van der Waals surface area contributed by atoms with Gasteiger partial charge in [-0.05, 0) is 48.4 Å². The molecule has 1 aromatic heterocycles. The number of nitrogens with one attached hydrogen (secondary N) is 1. The lowest BCUT2D eigenvalue weighted by atomic mass is 10.0. The summed E-state index contributed by atoms with van der Waals surface area (Å²) in [6.07, 6.45) is 0. The Morgan fingerprint density at radius 2 is 1.62 bits per heavy atom. The van der Waals surface area contributed by atoms with Gasteiger partial charge in [-0.25, -0.2) is 9.97 Å². The van der Waals surface area contributed by atoms with Crippen LogP contribution < -0.4 is 11.1 Å². The smallest absolute Gasteiger partial charge is 0.251 e. The number of carbonyl (C=O) groups excluding carboxylic acids is 1. The average Bonchev–Trinajstić information content (AvgIpc) is 2.60. The van der Waals surface area contributed by atoms with Crippen LogP contribution in [0.4, 0.5) is 5.69 Å². The predicted molar refractivity (Wildman–Crippen MR) is 106 cm³/mol. The number of benzene rings is 2. The zero-order valence-corrected chi connectivity index (χ0v) is 15.6. The monoisotopic (exact) mass is 388 g/mol. The first-order valence-corrected chi connectivity index (χ1v) is 8.13. The molecule has 1 heterocycles. The molecule has 0 aliphatic heterocycles. The number of carbonyl (C=O) groups is 1. The molecule has 0 saturated carbocycles. The van der Waals surface area contributed by atoms with Gasteiger partial charge >= 0.3 is 0 Å². The minimum atomic E-state index is -0.170. The van der Waals surface area contributed by atoms with E-state index in [1.165, 1.54) is 0 Å². The van der Waals surface area contributed by atoms with Gasteiger partial charge in [0.1, 0.15) is 11.0 Å². The molecule has 0 unspecified atom stereocenters. The highest BCUT2D eigenvalue weighted by atomic mass is 35.5. The van der Waals surface area contributed by atoms with E-state index in [4.69, 9.17) is 17.3 Å². The van der Waals surface area contributed by atoms with E-state index in [9.17, 15) is 4.79 Å². The molecule has 3 aromatic rings.